The second-order valence-corrected chi connectivity index (χ2v) is 5.87. The van der Waals surface area contributed by atoms with E-state index in [9.17, 15) is 0 Å². The largest absolute Gasteiger partial charge is 0.496 e. The zero-order chi connectivity index (χ0) is 19.8. The zero-order valence-electron chi connectivity index (χ0n) is 15.9. The fourth-order valence-corrected chi connectivity index (χ4v) is 2.68. The summed E-state index contributed by atoms with van der Waals surface area (Å²) in [6.07, 6.45) is 7.70. The van der Waals surface area contributed by atoms with E-state index in [-0.39, 0.29) is 12.6 Å². The lowest BCUT2D eigenvalue weighted by Gasteiger charge is -2.15. The van der Waals surface area contributed by atoms with Crippen LogP contribution in [-0.2, 0) is 23.1 Å². The van der Waals surface area contributed by atoms with Crippen LogP contribution < -0.4 is 4.74 Å². The van der Waals surface area contributed by atoms with Crippen molar-refractivity contribution in [3.63, 3.8) is 0 Å². The monoisotopic (exact) mass is 372 g/mol. The molecule has 0 bridgehead atoms. The molecule has 1 N–H and O–H groups in total. The van der Waals surface area contributed by atoms with Gasteiger partial charge in [-0.3, -0.25) is 9.48 Å². The molecule has 0 aliphatic heterocycles. The number of aromatic nitrogens is 4. The molecule has 0 saturated carbocycles. The van der Waals surface area contributed by atoms with Gasteiger partial charge >= 0.3 is 0 Å². The number of rotatable bonds is 6. The van der Waals surface area contributed by atoms with Crippen molar-refractivity contribution < 1.29 is 19.4 Å². The molecule has 1 aromatic carbocycles. The predicted octanol–water partition coefficient (Wildman–Crippen LogP) is 2.69. The number of imidazole rings is 1. The molecular formula is C19H24N4O4. The Morgan fingerprint density at radius 2 is 2.04 bits per heavy atom. The van der Waals surface area contributed by atoms with E-state index >= 15 is 0 Å². The first kappa shape index (κ1) is 20.2. The molecule has 0 fully saturated rings. The molecule has 27 heavy (non-hydrogen) atoms. The molecule has 0 radical (unpaired) electrons. The van der Waals surface area contributed by atoms with Crippen LogP contribution in [0.1, 0.15) is 6.92 Å². The fourth-order valence-electron chi connectivity index (χ4n) is 2.68. The lowest BCUT2D eigenvalue weighted by Crippen LogP contribution is -2.15. The standard InChI is InChI=1S/C18H22N4O2.CH2O2/c1-13(23-3)11-22-8-7-19-18(22)16-9-14(5-6-17(16)24-4)15-10-20-21(2)12-15;2-1-3/h5-10,12-13H,11H2,1-4H3;1H,(H,2,3). The number of carbonyl (C=O) groups is 1. The smallest absolute Gasteiger partial charge is 0.290 e. The Kier molecular flexibility index (Phi) is 7.13. The van der Waals surface area contributed by atoms with E-state index in [2.05, 4.69) is 20.7 Å². The molecule has 1 atom stereocenters. The van der Waals surface area contributed by atoms with Gasteiger partial charge in [-0.2, -0.15) is 5.10 Å². The van der Waals surface area contributed by atoms with Crippen LogP contribution in [0.4, 0.5) is 0 Å². The number of aryl methyl sites for hydroxylation is 1. The van der Waals surface area contributed by atoms with Crippen LogP contribution in [0.15, 0.2) is 43.0 Å². The molecule has 0 saturated heterocycles. The lowest BCUT2D eigenvalue weighted by molar-refractivity contribution is -0.122. The second kappa shape index (κ2) is 9.54. The summed E-state index contributed by atoms with van der Waals surface area (Å²) in [4.78, 5) is 12.9. The minimum atomic E-state index is -0.250. The molecule has 3 rings (SSSR count). The second-order valence-electron chi connectivity index (χ2n) is 5.87. The van der Waals surface area contributed by atoms with Crippen molar-refractivity contribution >= 4 is 6.47 Å². The Bertz CT molecular complexity index is 872. The van der Waals surface area contributed by atoms with Crippen LogP contribution in [-0.4, -0.2) is 51.2 Å². The highest BCUT2D eigenvalue weighted by atomic mass is 16.5. The van der Waals surface area contributed by atoms with Crippen LogP contribution in [0, 0.1) is 0 Å². The Labute approximate surface area is 158 Å². The van der Waals surface area contributed by atoms with Gasteiger partial charge in [0.15, 0.2) is 0 Å². The van der Waals surface area contributed by atoms with Crippen LogP contribution in [0.5, 0.6) is 5.75 Å². The van der Waals surface area contributed by atoms with Crippen molar-refractivity contribution in [2.24, 2.45) is 7.05 Å². The maximum absolute atomic E-state index is 8.36. The van der Waals surface area contributed by atoms with E-state index in [0.29, 0.717) is 0 Å². The first-order chi connectivity index (χ1) is 13.0. The third-order valence-electron chi connectivity index (χ3n) is 4.05. The van der Waals surface area contributed by atoms with Gasteiger partial charge in [-0.1, -0.05) is 6.07 Å². The summed E-state index contributed by atoms with van der Waals surface area (Å²) in [5.41, 5.74) is 3.09. The lowest BCUT2D eigenvalue weighted by atomic mass is 10.0. The van der Waals surface area contributed by atoms with Crippen LogP contribution in [0.25, 0.3) is 22.5 Å². The molecule has 2 heterocycles. The molecule has 0 amide bonds. The number of benzene rings is 1. The molecule has 8 nitrogen and oxygen atoms in total. The molecule has 0 aliphatic carbocycles. The highest BCUT2D eigenvalue weighted by Crippen LogP contribution is 2.33. The maximum Gasteiger partial charge on any atom is 0.290 e. The average Bonchev–Trinajstić information content (AvgIpc) is 3.30. The van der Waals surface area contributed by atoms with Crippen molar-refractivity contribution in [1.82, 2.24) is 19.3 Å². The summed E-state index contributed by atoms with van der Waals surface area (Å²) in [6, 6.07) is 6.09. The van der Waals surface area contributed by atoms with Crippen molar-refractivity contribution in [2.45, 2.75) is 19.6 Å². The third-order valence-corrected chi connectivity index (χ3v) is 4.05. The van der Waals surface area contributed by atoms with Gasteiger partial charge in [-0.25, -0.2) is 4.98 Å². The average molecular weight is 372 g/mol. The van der Waals surface area contributed by atoms with Crippen molar-refractivity contribution in [2.75, 3.05) is 14.2 Å². The Morgan fingerprint density at radius 1 is 1.30 bits per heavy atom. The topological polar surface area (TPSA) is 91.4 Å². The van der Waals surface area contributed by atoms with Crippen LogP contribution in [0.2, 0.25) is 0 Å². The Hall–Kier alpha value is -3.13. The van der Waals surface area contributed by atoms with Gasteiger partial charge in [-0.05, 0) is 24.6 Å². The maximum atomic E-state index is 8.36. The zero-order valence-corrected chi connectivity index (χ0v) is 15.9. The molecule has 2 aromatic heterocycles. The van der Waals surface area contributed by atoms with Crippen molar-refractivity contribution in [3.05, 3.63) is 43.0 Å². The van der Waals surface area contributed by atoms with Crippen LogP contribution >= 0.6 is 0 Å². The number of ether oxygens (including phenoxy) is 2. The minimum Gasteiger partial charge on any atom is -0.496 e. The van der Waals surface area contributed by atoms with E-state index in [1.165, 1.54) is 0 Å². The van der Waals surface area contributed by atoms with Crippen LogP contribution in [0.3, 0.4) is 0 Å². The highest BCUT2D eigenvalue weighted by molar-refractivity contribution is 5.74. The quantitative estimate of drug-likeness (QED) is 0.669. The van der Waals surface area contributed by atoms with E-state index in [0.717, 1.165) is 34.8 Å². The van der Waals surface area contributed by atoms with E-state index in [1.807, 2.05) is 44.7 Å². The van der Waals surface area contributed by atoms with Crippen molar-refractivity contribution in [1.29, 1.82) is 0 Å². The summed E-state index contributed by atoms with van der Waals surface area (Å²) in [7, 11) is 5.30. The summed E-state index contributed by atoms with van der Waals surface area (Å²) in [5.74, 6) is 1.65. The van der Waals surface area contributed by atoms with Gasteiger partial charge in [-0.15, -0.1) is 0 Å². The number of carboxylic acid groups (broad SMARTS) is 1. The third kappa shape index (κ3) is 4.95. The van der Waals surface area contributed by atoms with Gasteiger partial charge in [0, 0.05) is 38.3 Å². The fraction of sp³-hybridized carbons (Fsp3) is 0.316. The molecule has 0 spiro atoms. The first-order valence-corrected chi connectivity index (χ1v) is 8.33. The number of hydrogen-bond acceptors (Lipinski definition) is 5. The molecular weight excluding hydrogens is 348 g/mol. The number of nitrogens with zero attached hydrogens (tertiary/aromatic N) is 4. The van der Waals surface area contributed by atoms with E-state index in [4.69, 9.17) is 19.4 Å². The summed E-state index contributed by atoms with van der Waals surface area (Å²) in [5, 5.41) is 11.1. The minimum absolute atomic E-state index is 0.102. The van der Waals surface area contributed by atoms with E-state index in [1.54, 1.807) is 25.1 Å². The van der Waals surface area contributed by atoms with Crippen molar-refractivity contribution in [3.8, 4) is 28.3 Å². The molecule has 3 aromatic rings. The summed E-state index contributed by atoms with van der Waals surface area (Å²) in [6.45, 7) is 2.51. The summed E-state index contributed by atoms with van der Waals surface area (Å²) < 4.78 is 14.8. The highest BCUT2D eigenvalue weighted by Gasteiger charge is 2.15. The number of methoxy groups -OCH3 is 2. The van der Waals surface area contributed by atoms with Gasteiger partial charge in [0.2, 0.25) is 0 Å². The molecule has 0 aliphatic rings. The molecule has 1 unspecified atom stereocenters. The normalized spacial score (nSPS) is 11.4. The van der Waals surface area contributed by atoms with Gasteiger partial charge in [0.05, 0.1) is 31.5 Å². The predicted molar refractivity (Wildman–Crippen MR) is 102 cm³/mol. The SMILES string of the molecule is COc1ccc(-c2cnn(C)c2)cc1-c1nccn1CC(C)OC.O=CO. The first-order valence-electron chi connectivity index (χ1n) is 8.33. The molecule has 8 heteroatoms. The van der Waals surface area contributed by atoms with Gasteiger partial charge in [0.25, 0.3) is 6.47 Å². The van der Waals surface area contributed by atoms with Gasteiger partial charge < -0.3 is 19.1 Å². The summed E-state index contributed by atoms with van der Waals surface area (Å²) >= 11 is 0. The molecule has 144 valence electrons. The number of hydrogen-bond donors (Lipinski definition) is 1. The Balaban J connectivity index is 0.000000817. The van der Waals surface area contributed by atoms with E-state index < -0.39 is 0 Å². The van der Waals surface area contributed by atoms with Gasteiger partial charge in [0.1, 0.15) is 11.6 Å². The Morgan fingerprint density at radius 3 is 2.63 bits per heavy atom.